The van der Waals surface area contributed by atoms with Gasteiger partial charge in [-0.1, -0.05) is 58.0 Å². The second kappa shape index (κ2) is 9.33. The fourth-order valence-corrected chi connectivity index (χ4v) is 5.60. The van der Waals surface area contributed by atoms with Crippen molar-refractivity contribution in [1.29, 1.82) is 5.26 Å². The van der Waals surface area contributed by atoms with Gasteiger partial charge in [0.1, 0.15) is 0 Å². The van der Waals surface area contributed by atoms with E-state index in [-0.39, 0.29) is 17.2 Å². The largest absolute Gasteiger partial charge is 0.256 e. The average Bonchev–Trinajstić information content (AvgIpc) is 3.10. The van der Waals surface area contributed by atoms with Gasteiger partial charge in [-0.15, -0.1) is 0 Å². The van der Waals surface area contributed by atoms with Crippen LogP contribution >= 0.6 is 0 Å². The lowest BCUT2D eigenvalue weighted by molar-refractivity contribution is 0.202. The number of hydrogen-bond acceptors (Lipinski definition) is 4. The van der Waals surface area contributed by atoms with Crippen molar-refractivity contribution in [2.24, 2.45) is 17.3 Å². The number of hydrogen-bond donors (Lipinski definition) is 1. The van der Waals surface area contributed by atoms with Gasteiger partial charge in [0.25, 0.3) is 0 Å². The molecule has 1 fully saturated rings. The predicted octanol–water partition coefficient (Wildman–Crippen LogP) is 5.01. The molecule has 164 valence electrons. The van der Waals surface area contributed by atoms with Crippen LogP contribution in [0.25, 0.3) is 17.2 Å². The van der Waals surface area contributed by atoms with Crippen molar-refractivity contribution in [2.75, 3.05) is 5.75 Å². The number of benzene rings is 1. The molecule has 1 aromatic heterocycles. The third-order valence-corrected chi connectivity index (χ3v) is 8.06. The van der Waals surface area contributed by atoms with Crippen LogP contribution < -0.4 is 4.72 Å². The van der Waals surface area contributed by atoms with Gasteiger partial charge in [-0.3, -0.25) is 4.98 Å². The number of nitrogens with one attached hydrogen (secondary N) is 1. The molecule has 0 saturated carbocycles. The Balaban J connectivity index is 1.66. The van der Waals surface area contributed by atoms with Crippen molar-refractivity contribution in [3.63, 3.8) is 0 Å². The monoisotopic (exact) mass is 437 g/mol. The van der Waals surface area contributed by atoms with Crippen LogP contribution in [-0.4, -0.2) is 25.2 Å². The molecular weight excluding hydrogens is 406 g/mol. The lowest BCUT2D eigenvalue weighted by Gasteiger charge is -2.34. The summed E-state index contributed by atoms with van der Waals surface area (Å²) in [4.78, 5) is 4.56. The molecule has 3 rings (SSSR count). The molecule has 2 aromatic rings. The van der Waals surface area contributed by atoms with E-state index in [4.69, 9.17) is 0 Å². The van der Waals surface area contributed by atoms with Crippen LogP contribution in [0.1, 0.15) is 51.8 Å². The van der Waals surface area contributed by atoms with Crippen molar-refractivity contribution >= 4 is 16.1 Å². The van der Waals surface area contributed by atoms with Crippen LogP contribution in [0.4, 0.5) is 0 Å². The van der Waals surface area contributed by atoms with Crippen LogP contribution in [0.2, 0.25) is 0 Å². The second-order valence-electron chi connectivity index (χ2n) is 9.21. The number of nitriles is 1. The number of allylic oxidation sites excluding steroid dienone is 1. The van der Waals surface area contributed by atoms with Gasteiger partial charge in [0.15, 0.2) is 0 Å². The normalized spacial score (nSPS) is 20.4. The average molecular weight is 438 g/mol. The summed E-state index contributed by atoms with van der Waals surface area (Å²) in [5.74, 6) is 0.988. The molecule has 0 unspecified atom stereocenters. The summed E-state index contributed by atoms with van der Waals surface area (Å²) in [6, 6.07) is 13.8. The first-order valence-electron chi connectivity index (χ1n) is 10.8. The van der Waals surface area contributed by atoms with E-state index in [1.54, 1.807) is 6.20 Å². The van der Waals surface area contributed by atoms with E-state index in [1.807, 2.05) is 42.5 Å². The van der Waals surface area contributed by atoms with Crippen molar-refractivity contribution in [1.82, 2.24) is 9.71 Å². The fraction of sp³-hybridized carbons (Fsp3) is 0.440. The number of pyridine rings is 1. The van der Waals surface area contributed by atoms with Gasteiger partial charge in [0.2, 0.25) is 10.0 Å². The number of aromatic nitrogens is 1. The van der Waals surface area contributed by atoms with E-state index in [1.165, 1.54) is 0 Å². The SMILES string of the molecule is C[C@H]([C@@H](C)C[C@@H]1CCS(=O)(=O)N1)C(C)(C)/C=C/c1ccc(-c2ccccc2C#N)cn1. The summed E-state index contributed by atoms with van der Waals surface area (Å²) < 4.78 is 26.1. The Morgan fingerprint density at radius 3 is 2.61 bits per heavy atom. The molecule has 0 bridgehead atoms. The lowest BCUT2D eigenvalue weighted by Crippen LogP contribution is -2.32. The van der Waals surface area contributed by atoms with E-state index in [2.05, 4.69) is 49.5 Å². The van der Waals surface area contributed by atoms with Gasteiger partial charge < -0.3 is 0 Å². The standard InChI is InChI=1S/C25H31N3O2S/c1-18(15-23-12-14-31(29,30)28-23)19(2)25(3,4)13-11-22-10-9-21(17-27-22)24-8-6-5-7-20(24)16-26/h5-11,13,17-19,23,28H,12,14-15H2,1-4H3/b13-11+/t18-,19+,23-/m0/s1. The Bertz CT molecular complexity index is 1080. The molecule has 5 nitrogen and oxygen atoms in total. The minimum atomic E-state index is -3.07. The molecule has 2 heterocycles. The highest BCUT2D eigenvalue weighted by atomic mass is 32.2. The molecular formula is C25H31N3O2S. The lowest BCUT2D eigenvalue weighted by atomic mass is 9.71. The Hall–Kier alpha value is -2.49. The van der Waals surface area contributed by atoms with Gasteiger partial charge in [0, 0.05) is 23.4 Å². The van der Waals surface area contributed by atoms with Crippen molar-refractivity contribution in [2.45, 2.75) is 46.6 Å². The third-order valence-electron chi connectivity index (χ3n) is 6.59. The highest BCUT2D eigenvalue weighted by Gasteiger charge is 2.33. The van der Waals surface area contributed by atoms with Gasteiger partial charge in [-0.2, -0.15) is 5.26 Å². The zero-order valence-corrected chi connectivity index (χ0v) is 19.5. The molecule has 6 heteroatoms. The van der Waals surface area contributed by atoms with Crippen molar-refractivity contribution in [3.8, 4) is 17.2 Å². The summed E-state index contributed by atoms with van der Waals surface area (Å²) in [6.45, 7) is 8.85. The van der Waals surface area contributed by atoms with Crippen molar-refractivity contribution < 1.29 is 8.42 Å². The quantitative estimate of drug-likeness (QED) is 0.660. The van der Waals surface area contributed by atoms with E-state index in [9.17, 15) is 13.7 Å². The molecule has 31 heavy (non-hydrogen) atoms. The van der Waals surface area contributed by atoms with E-state index < -0.39 is 10.0 Å². The second-order valence-corrected chi connectivity index (χ2v) is 11.1. The topological polar surface area (TPSA) is 82.9 Å². The maximum Gasteiger partial charge on any atom is 0.211 e. The van der Waals surface area contributed by atoms with E-state index in [0.717, 1.165) is 23.2 Å². The first kappa shape index (κ1) is 23.2. The number of nitrogens with zero attached hydrogens (tertiary/aromatic N) is 2. The smallest absolute Gasteiger partial charge is 0.211 e. The Kier molecular flexibility index (Phi) is 6.98. The summed E-state index contributed by atoms with van der Waals surface area (Å²) in [5.41, 5.74) is 3.26. The molecule has 3 atom stereocenters. The summed E-state index contributed by atoms with van der Waals surface area (Å²) in [6.07, 6.45) is 7.59. The maximum absolute atomic E-state index is 11.7. The molecule has 1 saturated heterocycles. The first-order chi connectivity index (χ1) is 14.6. The zero-order chi connectivity index (χ0) is 22.6. The van der Waals surface area contributed by atoms with Gasteiger partial charge >= 0.3 is 0 Å². The maximum atomic E-state index is 11.7. The van der Waals surface area contributed by atoms with Crippen LogP contribution in [0.3, 0.4) is 0 Å². The fourth-order valence-electron chi connectivity index (χ4n) is 4.17. The molecule has 1 aliphatic rings. The third kappa shape index (κ3) is 5.81. The molecule has 0 radical (unpaired) electrons. The van der Waals surface area contributed by atoms with Gasteiger partial charge in [0.05, 0.1) is 23.1 Å². The van der Waals surface area contributed by atoms with E-state index in [0.29, 0.717) is 23.8 Å². The van der Waals surface area contributed by atoms with Gasteiger partial charge in [-0.25, -0.2) is 13.1 Å². The Morgan fingerprint density at radius 2 is 2.00 bits per heavy atom. The van der Waals surface area contributed by atoms with Crippen LogP contribution in [-0.2, 0) is 10.0 Å². The first-order valence-corrected chi connectivity index (χ1v) is 12.4. The van der Waals surface area contributed by atoms with Crippen LogP contribution in [0.5, 0.6) is 0 Å². The molecule has 1 N–H and O–H groups in total. The predicted molar refractivity (Wildman–Crippen MR) is 125 cm³/mol. The summed E-state index contributed by atoms with van der Waals surface area (Å²) in [5, 5.41) is 9.30. The Labute approximate surface area is 186 Å². The molecule has 0 spiro atoms. The van der Waals surface area contributed by atoms with Gasteiger partial charge in [-0.05, 0) is 48.3 Å². The van der Waals surface area contributed by atoms with E-state index >= 15 is 0 Å². The number of rotatable bonds is 7. The molecule has 1 aromatic carbocycles. The molecule has 1 aliphatic heterocycles. The highest BCUT2D eigenvalue weighted by molar-refractivity contribution is 7.89. The Morgan fingerprint density at radius 1 is 1.26 bits per heavy atom. The zero-order valence-electron chi connectivity index (χ0n) is 18.7. The summed E-state index contributed by atoms with van der Waals surface area (Å²) in [7, 11) is -3.07. The van der Waals surface area contributed by atoms with Crippen LogP contribution in [0.15, 0.2) is 48.7 Å². The molecule has 0 aliphatic carbocycles. The minimum absolute atomic E-state index is 0.0488. The number of sulfonamides is 1. The molecule has 0 amide bonds. The minimum Gasteiger partial charge on any atom is -0.256 e. The summed E-state index contributed by atoms with van der Waals surface area (Å²) >= 11 is 0. The highest BCUT2D eigenvalue weighted by Crippen LogP contribution is 2.37. The van der Waals surface area contributed by atoms with Crippen molar-refractivity contribution in [3.05, 3.63) is 59.9 Å². The van der Waals surface area contributed by atoms with Crippen LogP contribution in [0, 0.1) is 28.6 Å².